The van der Waals surface area contributed by atoms with Gasteiger partial charge in [-0.2, -0.15) is 18.5 Å². The normalized spacial score (nSPS) is 25.1. The van der Waals surface area contributed by atoms with Gasteiger partial charge in [0.25, 0.3) is 0 Å². The van der Waals surface area contributed by atoms with E-state index >= 15 is 0 Å². The molecule has 0 bridgehead atoms. The molecule has 1 fully saturated rings. The Kier molecular flexibility index (Phi) is 3.97. The summed E-state index contributed by atoms with van der Waals surface area (Å²) in [5.41, 5.74) is 5.68. The molecule has 0 saturated carbocycles. The van der Waals surface area contributed by atoms with Crippen molar-refractivity contribution in [2.24, 2.45) is 10.7 Å². The number of aliphatic imine (C=N–C) groups is 1. The van der Waals surface area contributed by atoms with Crippen LogP contribution in [-0.4, -0.2) is 48.0 Å². The number of hydroxylamine groups is 2. The van der Waals surface area contributed by atoms with E-state index < -0.39 is 16.4 Å². The van der Waals surface area contributed by atoms with Crippen LogP contribution in [0, 0.1) is 0 Å². The summed E-state index contributed by atoms with van der Waals surface area (Å²) in [6.07, 6.45) is 5.17. The number of piperidine rings is 1. The van der Waals surface area contributed by atoms with E-state index in [0.717, 1.165) is 36.8 Å². The molecule has 0 aromatic heterocycles. The maximum Gasteiger partial charge on any atom is 0.418 e. The van der Waals surface area contributed by atoms with Crippen molar-refractivity contribution in [3.05, 3.63) is 11.9 Å². The minimum Gasteiger partial charge on any atom is -0.368 e. The van der Waals surface area contributed by atoms with E-state index in [0.29, 0.717) is 0 Å². The van der Waals surface area contributed by atoms with E-state index in [4.69, 9.17) is 10.3 Å². The number of hydrogen-bond donors (Lipinski definition) is 2. The highest BCUT2D eigenvalue weighted by molar-refractivity contribution is 7.80. The molecule has 0 aliphatic carbocycles. The molecule has 0 amide bonds. The van der Waals surface area contributed by atoms with Gasteiger partial charge < -0.3 is 10.6 Å². The Hall–Kier alpha value is -1.32. The molecule has 1 unspecified atom stereocenters. The number of nitrogens with two attached hydrogens (primary N) is 1. The van der Waals surface area contributed by atoms with Crippen molar-refractivity contribution in [3.63, 3.8) is 0 Å². The zero-order chi connectivity index (χ0) is 14.0. The van der Waals surface area contributed by atoms with Gasteiger partial charge in [-0.1, -0.05) is 0 Å². The van der Waals surface area contributed by atoms with E-state index in [1.54, 1.807) is 13.0 Å². The predicted molar refractivity (Wildman–Crippen MR) is 69.1 cm³/mol. The fourth-order valence-electron chi connectivity index (χ4n) is 2.20. The lowest BCUT2D eigenvalue weighted by Gasteiger charge is -2.34. The number of hydrogen-bond acceptors (Lipinski definition) is 7. The molecule has 2 heterocycles. The van der Waals surface area contributed by atoms with Gasteiger partial charge in [0.2, 0.25) is 5.96 Å². The van der Waals surface area contributed by atoms with E-state index in [9.17, 15) is 8.42 Å². The molecule has 19 heavy (non-hydrogen) atoms. The third-order valence-electron chi connectivity index (χ3n) is 3.07. The minimum absolute atomic E-state index is 0.0896. The van der Waals surface area contributed by atoms with Gasteiger partial charge in [-0.15, -0.1) is 4.28 Å². The molecule has 2 rings (SSSR count). The van der Waals surface area contributed by atoms with Crippen LogP contribution in [0.4, 0.5) is 0 Å². The Bertz CT molecular complexity index is 496. The van der Waals surface area contributed by atoms with Gasteiger partial charge in [-0.05, 0) is 32.3 Å². The first-order valence-electron chi connectivity index (χ1n) is 6.14. The average molecular weight is 290 g/mol. The number of nitrogens with zero attached hydrogens (tertiary/aromatic N) is 3. The fourth-order valence-corrected chi connectivity index (χ4v) is 2.62. The second-order valence-corrected chi connectivity index (χ2v) is 5.62. The first-order valence-corrected chi connectivity index (χ1v) is 7.50. The molecule has 8 nitrogen and oxygen atoms in total. The quantitative estimate of drug-likeness (QED) is 0.708. The van der Waals surface area contributed by atoms with Gasteiger partial charge in [0.15, 0.2) is 0 Å². The highest BCUT2D eigenvalue weighted by atomic mass is 32.3. The average Bonchev–Trinajstić information content (AvgIpc) is 2.33. The Balaban J connectivity index is 2.13. The summed E-state index contributed by atoms with van der Waals surface area (Å²) in [5.74, 6) is 0.632. The smallest absolute Gasteiger partial charge is 0.368 e. The molecule has 1 atom stereocenters. The van der Waals surface area contributed by atoms with Crippen LogP contribution in [0.2, 0.25) is 0 Å². The minimum atomic E-state index is -4.61. The maximum absolute atomic E-state index is 10.7. The van der Waals surface area contributed by atoms with Crippen LogP contribution in [0.25, 0.3) is 0 Å². The van der Waals surface area contributed by atoms with E-state index in [1.807, 2.05) is 0 Å². The SMILES string of the molecule is CC1C=C(N2CCCCC2)N=C(N)N1OS(=O)(=O)O. The summed E-state index contributed by atoms with van der Waals surface area (Å²) in [7, 11) is -4.61. The summed E-state index contributed by atoms with van der Waals surface area (Å²) >= 11 is 0. The van der Waals surface area contributed by atoms with Gasteiger partial charge in [-0.3, -0.25) is 4.55 Å². The Morgan fingerprint density at radius 2 is 2.05 bits per heavy atom. The molecule has 0 aromatic rings. The molecular weight excluding hydrogens is 272 g/mol. The molecule has 1 saturated heterocycles. The molecule has 108 valence electrons. The molecule has 2 aliphatic heterocycles. The van der Waals surface area contributed by atoms with Crippen molar-refractivity contribution in [1.82, 2.24) is 9.96 Å². The van der Waals surface area contributed by atoms with Gasteiger partial charge in [0, 0.05) is 13.1 Å². The van der Waals surface area contributed by atoms with Gasteiger partial charge in [0.05, 0.1) is 6.04 Å². The molecular formula is C10H18N4O4S. The lowest BCUT2D eigenvalue weighted by molar-refractivity contribution is -0.00970. The maximum atomic E-state index is 10.7. The highest BCUT2D eigenvalue weighted by Crippen LogP contribution is 2.21. The summed E-state index contributed by atoms with van der Waals surface area (Å²) in [4.78, 5) is 6.24. The van der Waals surface area contributed by atoms with Crippen molar-refractivity contribution >= 4 is 16.4 Å². The van der Waals surface area contributed by atoms with E-state index in [2.05, 4.69) is 14.2 Å². The molecule has 3 N–H and O–H groups in total. The Labute approximate surface area is 112 Å². The number of rotatable bonds is 3. The van der Waals surface area contributed by atoms with Crippen LogP contribution in [0.3, 0.4) is 0 Å². The lowest BCUT2D eigenvalue weighted by Crippen LogP contribution is -2.47. The predicted octanol–water partition coefficient (Wildman–Crippen LogP) is 0.0669. The summed E-state index contributed by atoms with van der Waals surface area (Å²) in [6, 6.07) is -0.434. The number of likely N-dealkylation sites (tertiary alicyclic amines) is 1. The third kappa shape index (κ3) is 3.58. The largest absolute Gasteiger partial charge is 0.418 e. The van der Waals surface area contributed by atoms with E-state index in [1.165, 1.54) is 6.42 Å². The lowest BCUT2D eigenvalue weighted by atomic mass is 10.1. The number of guanidine groups is 1. The second kappa shape index (κ2) is 5.35. The monoisotopic (exact) mass is 290 g/mol. The van der Waals surface area contributed by atoms with Gasteiger partial charge in [-0.25, -0.2) is 0 Å². The van der Waals surface area contributed by atoms with Crippen LogP contribution in [0.1, 0.15) is 26.2 Å². The van der Waals surface area contributed by atoms with Gasteiger partial charge >= 0.3 is 10.4 Å². The molecule has 0 radical (unpaired) electrons. The van der Waals surface area contributed by atoms with Crippen molar-refractivity contribution in [2.75, 3.05) is 13.1 Å². The van der Waals surface area contributed by atoms with Crippen LogP contribution in [0.15, 0.2) is 16.9 Å². The van der Waals surface area contributed by atoms with Crippen LogP contribution in [-0.2, 0) is 14.7 Å². The van der Waals surface area contributed by atoms with Crippen molar-refractivity contribution < 1.29 is 17.3 Å². The molecule has 0 spiro atoms. The van der Waals surface area contributed by atoms with Gasteiger partial charge in [0.1, 0.15) is 5.82 Å². The standard InChI is InChI=1S/C10H18N4O4S/c1-8-7-9(13-5-3-2-4-6-13)12-10(11)14(8)18-19(15,16)17/h7-8H,2-6H2,1H3,(H2,11,12)(H,15,16,17). The molecule has 0 aromatic carbocycles. The molecule has 9 heteroatoms. The first kappa shape index (κ1) is 14.1. The zero-order valence-corrected chi connectivity index (χ0v) is 11.5. The second-order valence-electron chi connectivity index (χ2n) is 4.61. The topological polar surface area (TPSA) is 108 Å². The summed E-state index contributed by atoms with van der Waals surface area (Å²) < 4.78 is 34.5. The van der Waals surface area contributed by atoms with E-state index in [-0.39, 0.29) is 5.96 Å². The Morgan fingerprint density at radius 3 is 2.58 bits per heavy atom. The summed E-state index contributed by atoms with van der Waals surface area (Å²) in [5, 5.41) is 0.864. The van der Waals surface area contributed by atoms with Crippen molar-refractivity contribution in [1.29, 1.82) is 0 Å². The summed E-state index contributed by atoms with van der Waals surface area (Å²) in [6.45, 7) is 3.53. The van der Waals surface area contributed by atoms with Crippen LogP contribution >= 0.6 is 0 Å². The zero-order valence-electron chi connectivity index (χ0n) is 10.7. The molecule has 2 aliphatic rings. The third-order valence-corrected chi connectivity index (χ3v) is 3.42. The highest BCUT2D eigenvalue weighted by Gasteiger charge is 2.27. The van der Waals surface area contributed by atoms with Crippen molar-refractivity contribution in [3.8, 4) is 0 Å². The first-order chi connectivity index (χ1) is 8.87. The van der Waals surface area contributed by atoms with Crippen molar-refractivity contribution in [2.45, 2.75) is 32.2 Å². The Morgan fingerprint density at radius 1 is 1.42 bits per heavy atom. The van der Waals surface area contributed by atoms with Crippen LogP contribution in [0.5, 0.6) is 0 Å². The van der Waals surface area contributed by atoms with Crippen LogP contribution < -0.4 is 5.73 Å². The fraction of sp³-hybridized carbons (Fsp3) is 0.700.